The molecule has 0 aliphatic carbocycles. The molecule has 1 N–H and O–H groups in total. The molecule has 1 fully saturated rings. The van der Waals surface area contributed by atoms with Gasteiger partial charge in [0.1, 0.15) is 0 Å². The first kappa shape index (κ1) is 16.0. The van der Waals surface area contributed by atoms with E-state index in [0.29, 0.717) is 5.92 Å². The van der Waals surface area contributed by atoms with E-state index in [1.54, 1.807) is 0 Å². The van der Waals surface area contributed by atoms with Crippen LogP contribution in [0.4, 0.5) is 0 Å². The van der Waals surface area contributed by atoms with Crippen LogP contribution in [-0.2, 0) is 11.2 Å². The Balaban J connectivity index is 1.81. The quantitative estimate of drug-likeness (QED) is 0.835. The van der Waals surface area contributed by atoms with Crippen molar-refractivity contribution in [2.75, 3.05) is 6.54 Å². The number of hydrogen-bond acceptors (Lipinski definition) is 2. The van der Waals surface area contributed by atoms with E-state index in [1.807, 2.05) is 11.0 Å². The van der Waals surface area contributed by atoms with Crippen molar-refractivity contribution in [1.29, 1.82) is 0 Å². The second-order valence-corrected chi connectivity index (χ2v) is 6.49. The summed E-state index contributed by atoms with van der Waals surface area (Å²) in [6, 6.07) is 10.4. The van der Waals surface area contributed by atoms with E-state index < -0.39 is 0 Å². The zero-order valence-corrected chi connectivity index (χ0v) is 13.5. The van der Waals surface area contributed by atoms with Crippen LogP contribution in [0.25, 0.3) is 0 Å². The molecular weight excluding hydrogens is 260 g/mol. The largest absolute Gasteiger partial charge is 0.326 e. The third-order valence-electron chi connectivity index (χ3n) is 4.24. The number of benzene rings is 1. The van der Waals surface area contributed by atoms with Crippen LogP contribution in [0.5, 0.6) is 0 Å². The van der Waals surface area contributed by atoms with Gasteiger partial charge in [0.05, 0.1) is 12.2 Å². The Bertz CT molecular complexity index is 444. The maximum atomic E-state index is 12.5. The van der Waals surface area contributed by atoms with Gasteiger partial charge < -0.3 is 4.90 Å². The number of aryl methyl sites for hydroxylation is 1. The molecule has 0 saturated carbocycles. The molecule has 3 nitrogen and oxygen atoms in total. The Hall–Kier alpha value is -1.35. The van der Waals surface area contributed by atoms with E-state index in [2.05, 4.69) is 50.4 Å². The van der Waals surface area contributed by atoms with Gasteiger partial charge in [-0.15, -0.1) is 0 Å². The average molecular weight is 288 g/mol. The van der Waals surface area contributed by atoms with Crippen molar-refractivity contribution in [2.24, 2.45) is 5.92 Å². The van der Waals surface area contributed by atoms with Crippen LogP contribution in [-0.4, -0.2) is 29.6 Å². The van der Waals surface area contributed by atoms with E-state index in [4.69, 9.17) is 0 Å². The van der Waals surface area contributed by atoms with Crippen LogP contribution in [0.3, 0.4) is 0 Å². The Morgan fingerprint density at radius 3 is 2.62 bits per heavy atom. The second-order valence-electron chi connectivity index (χ2n) is 6.49. The monoisotopic (exact) mass is 288 g/mol. The highest BCUT2D eigenvalue weighted by atomic mass is 16.2. The smallest absolute Gasteiger partial charge is 0.241 e. The zero-order chi connectivity index (χ0) is 15.2. The van der Waals surface area contributed by atoms with E-state index in [-0.39, 0.29) is 18.1 Å². The second kappa shape index (κ2) is 7.60. The first-order valence-corrected chi connectivity index (χ1v) is 8.18. The van der Waals surface area contributed by atoms with Crippen molar-refractivity contribution < 1.29 is 4.79 Å². The standard InChI is InChI=1S/C18H28N2O/c1-14(2)8-7-13-20-15(3)19-17(18(20)21)12-11-16-9-5-4-6-10-16/h4-6,9-10,14-15,17,19H,7-8,11-13H2,1-3H3. The van der Waals surface area contributed by atoms with Crippen molar-refractivity contribution in [3.8, 4) is 0 Å². The number of hydrogen-bond donors (Lipinski definition) is 1. The lowest BCUT2D eigenvalue weighted by atomic mass is 10.1. The summed E-state index contributed by atoms with van der Waals surface area (Å²) in [5.41, 5.74) is 1.30. The fourth-order valence-corrected chi connectivity index (χ4v) is 2.98. The lowest BCUT2D eigenvalue weighted by Crippen LogP contribution is -2.35. The predicted molar refractivity (Wildman–Crippen MR) is 86.9 cm³/mol. The van der Waals surface area contributed by atoms with Gasteiger partial charge in [-0.2, -0.15) is 0 Å². The van der Waals surface area contributed by atoms with Crippen LogP contribution in [0.2, 0.25) is 0 Å². The summed E-state index contributed by atoms with van der Waals surface area (Å²) in [4.78, 5) is 14.5. The summed E-state index contributed by atoms with van der Waals surface area (Å²) in [7, 11) is 0. The number of amides is 1. The minimum Gasteiger partial charge on any atom is -0.326 e. The molecule has 0 radical (unpaired) electrons. The minimum absolute atomic E-state index is 0.0146. The maximum absolute atomic E-state index is 12.5. The average Bonchev–Trinajstić information content (AvgIpc) is 2.73. The van der Waals surface area contributed by atoms with E-state index in [9.17, 15) is 4.79 Å². The van der Waals surface area contributed by atoms with E-state index >= 15 is 0 Å². The van der Waals surface area contributed by atoms with Crippen molar-refractivity contribution in [3.05, 3.63) is 35.9 Å². The molecule has 1 saturated heterocycles. The Morgan fingerprint density at radius 1 is 1.24 bits per heavy atom. The van der Waals surface area contributed by atoms with Gasteiger partial charge in [0.15, 0.2) is 0 Å². The highest BCUT2D eigenvalue weighted by Crippen LogP contribution is 2.17. The highest BCUT2D eigenvalue weighted by Gasteiger charge is 2.35. The molecule has 0 spiro atoms. The van der Waals surface area contributed by atoms with Crippen molar-refractivity contribution in [3.63, 3.8) is 0 Å². The van der Waals surface area contributed by atoms with Gasteiger partial charge >= 0.3 is 0 Å². The third-order valence-corrected chi connectivity index (χ3v) is 4.24. The molecular formula is C18H28N2O. The number of nitrogens with zero attached hydrogens (tertiary/aromatic N) is 1. The number of carbonyl (C=O) groups is 1. The van der Waals surface area contributed by atoms with Crippen molar-refractivity contribution in [2.45, 2.75) is 58.7 Å². The molecule has 1 aliphatic rings. The molecule has 1 heterocycles. The molecule has 1 aromatic carbocycles. The van der Waals surface area contributed by atoms with Gasteiger partial charge in [-0.25, -0.2) is 0 Å². The van der Waals surface area contributed by atoms with Crippen LogP contribution >= 0.6 is 0 Å². The lowest BCUT2D eigenvalue weighted by molar-refractivity contribution is -0.130. The Labute approximate surface area is 128 Å². The molecule has 3 heteroatoms. The van der Waals surface area contributed by atoms with Crippen LogP contribution < -0.4 is 5.32 Å². The molecule has 1 aliphatic heterocycles. The van der Waals surface area contributed by atoms with Crippen molar-refractivity contribution >= 4 is 5.91 Å². The summed E-state index contributed by atoms with van der Waals surface area (Å²) in [6.45, 7) is 7.44. The SMILES string of the molecule is CC(C)CCCN1C(=O)C(CCc2ccccc2)NC1C. The molecule has 2 unspecified atom stereocenters. The Morgan fingerprint density at radius 2 is 1.95 bits per heavy atom. The highest BCUT2D eigenvalue weighted by molar-refractivity contribution is 5.84. The third kappa shape index (κ3) is 4.57. The molecule has 116 valence electrons. The van der Waals surface area contributed by atoms with Gasteiger partial charge in [0, 0.05) is 6.54 Å². The molecule has 21 heavy (non-hydrogen) atoms. The summed E-state index contributed by atoms with van der Waals surface area (Å²) >= 11 is 0. The topological polar surface area (TPSA) is 32.3 Å². The van der Waals surface area contributed by atoms with E-state index in [0.717, 1.165) is 25.8 Å². The molecule has 0 bridgehead atoms. The van der Waals surface area contributed by atoms with E-state index in [1.165, 1.54) is 12.0 Å². The molecule has 2 atom stereocenters. The van der Waals surface area contributed by atoms with Crippen LogP contribution in [0.1, 0.15) is 45.6 Å². The zero-order valence-electron chi connectivity index (χ0n) is 13.5. The minimum atomic E-state index is -0.0146. The van der Waals surface area contributed by atoms with Gasteiger partial charge in [0.25, 0.3) is 0 Å². The van der Waals surface area contributed by atoms with Gasteiger partial charge in [-0.1, -0.05) is 44.2 Å². The van der Waals surface area contributed by atoms with Gasteiger partial charge in [-0.3, -0.25) is 10.1 Å². The summed E-state index contributed by atoms with van der Waals surface area (Å²) in [6.07, 6.45) is 4.29. The predicted octanol–water partition coefficient (Wildman–Crippen LogP) is 3.20. The Kier molecular flexibility index (Phi) is 5.80. The summed E-state index contributed by atoms with van der Waals surface area (Å²) < 4.78 is 0. The van der Waals surface area contributed by atoms with Crippen molar-refractivity contribution in [1.82, 2.24) is 10.2 Å². The number of rotatable bonds is 7. The van der Waals surface area contributed by atoms with Crippen LogP contribution in [0, 0.1) is 5.92 Å². The summed E-state index contributed by atoms with van der Waals surface area (Å²) in [5.74, 6) is 0.988. The lowest BCUT2D eigenvalue weighted by Gasteiger charge is -2.21. The first-order valence-electron chi connectivity index (χ1n) is 8.18. The van der Waals surface area contributed by atoms with Gasteiger partial charge in [0.2, 0.25) is 5.91 Å². The fourth-order valence-electron chi connectivity index (χ4n) is 2.98. The van der Waals surface area contributed by atoms with Gasteiger partial charge in [-0.05, 0) is 44.1 Å². The fraction of sp³-hybridized carbons (Fsp3) is 0.611. The molecule has 1 aromatic rings. The summed E-state index contributed by atoms with van der Waals surface area (Å²) in [5, 5.41) is 3.44. The molecule has 2 rings (SSSR count). The first-order chi connectivity index (χ1) is 10.1. The molecule has 0 aromatic heterocycles. The normalized spacial score (nSPS) is 22.3. The molecule has 1 amide bonds. The number of nitrogens with one attached hydrogen (secondary N) is 1. The van der Waals surface area contributed by atoms with Crippen LogP contribution in [0.15, 0.2) is 30.3 Å². The number of carbonyl (C=O) groups excluding carboxylic acids is 1. The maximum Gasteiger partial charge on any atom is 0.241 e.